The van der Waals surface area contributed by atoms with Crippen LogP contribution in [0.4, 0.5) is 5.82 Å². The number of phenolic OH excluding ortho intramolecular Hbond substituents is 1. The standard InChI is InChI=1S/C15H16N4O/c1-9-5-4-6-10(13(9)20)14-16-11-7-8-12(19(2)3)17-15(11)18-14/h4-8,20H,1-3H3,(H,16,17,18). The molecule has 0 aliphatic heterocycles. The second-order valence-electron chi connectivity index (χ2n) is 4.99. The molecule has 0 radical (unpaired) electrons. The van der Waals surface area contributed by atoms with Crippen LogP contribution in [-0.2, 0) is 0 Å². The quantitative estimate of drug-likeness (QED) is 0.750. The largest absolute Gasteiger partial charge is 0.507 e. The first-order valence-corrected chi connectivity index (χ1v) is 6.39. The van der Waals surface area contributed by atoms with E-state index in [-0.39, 0.29) is 5.75 Å². The maximum absolute atomic E-state index is 10.1. The van der Waals surface area contributed by atoms with Gasteiger partial charge >= 0.3 is 0 Å². The van der Waals surface area contributed by atoms with Gasteiger partial charge in [0.2, 0.25) is 0 Å². The Morgan fingerprint density at radius 1 is 1.10 bits per heavy atom. The number of fused-ring (bicyclic) bond motifs is 1. The first-order chi connectivity index (χ1) is 9.56. The van der Waals surface area contributed by atoms with E-state index in [1.54, 1.807) is 0 Å². The Labute approximate surface area is 116 Å². The van der Waals surface area contributed by atoms with Gasteiger partial charge in [-0.3, -0.25) is 0 Å². The van der Waals surface area contributed by atoms with E-state index in [0.29, 0.717) is 17.0 Å². The minimum Gasteiger partial charge on any atom is -0.507 e. The van der Waals surface area contributed by atoms with Crippen LogP contribution < -0.4 is 4.90 Å². The molecule has 0 bridgehead atoms. The second-order valence-corrected chi connectivity index (χ2v) is 4.99. The number of rotatable bonds is 2. The molecule has 0 fully saturated rings. The summed E-state index contributed by atoms with van der Waals surface area (Å²) < 4.78 is 0. The van der Waals surface area contributed by atoms with Crippen molar-refractivity contribution >= 4 is 17.0 Å². The number of para-hydroxylation sites is 1. The Morgan fingerprint density at radius 3 is 2.65 bits per heavy atom. The summed E-state index contributed by atoms with van der Waals surface area (Å²) in [5, 5.41) is 10.1. The number of phenols is 1. The molecule has 5 heteroatoms. The van der Waals surface area contributed by atoms with Crippen LogP contribution in [0.3, 0.4) is 0 Å². The van der Waals surface area contributed by atoms with Gasteiger partial charge in [0.05, 0.1) is 11.1 Å². The molecule has 20 heavy (non-hydrogen) atoms. The first-order valence-electron chi connectivity index (χ1n) is 6.39. The molecule has 0 amide bonds. The van der Waals surface area contributed by atoms with Crippen LogP contribution in [0.1, 0.15) is 5.56 Å². The molecule has 1 aromatic carbocycles. The van der Waals surface area contributed by atoms with E-state index in [0.717, 1.165) is 16.9 Å². The summed E-state index contributed by atoms with van der Waals surface area (Å²) in [6.07, 6.45) is 0. The summed E-state index contributed by atoms with van der Waals surface area (Å²) in [7, 11) is 3.88. The van der Waals surface area contributed by atoms with Gasteiger partial charge in [0.1, 0.15) is 17.4 Å². The Balaban J connectivity index is 2.15. The van der Waals surface area contributed by atoms with Gasteiger partial charge in [-0.2, -0.15) is 0 Å². The summed E-state index contributed by atoms with van der Waals surface area (Å²) in [5.74, 6) is 1.73. The van der Waals surface area contributed by atoms with Crippen LogP contribution in [-0.4, -0.2) is 34.2 Å². The molecule has 0 unspecified atom stereocenters. The zero-order valence-corrected chi connectivity index (χ0v) is 11.7. The molecule has 2 heterocycles. The minimum atomic E-state index is 0.249. The average Bonchev–Trinajstić information content (AvgIpc) is 2.84. The molecular weight excluding hydrogens is 252 g/mol. The summed E-state index contributed by atoms with van der Waals surface area (Å²) in [4.78, 5) is 14.1. The van der Waals surface area contributed by atoms with E-state index in [2.05, 4.69) is 15.0 Å². The predicted molar refractivity (Wildman–Crippen MR) is 80.1 cm³/mol. The number of aromatic hydroxyl groups is 1. The summed E-state index contributed by atoms with van der Waals surface area (Å²) in [5.41, 5.74) is 3.01. The Kier molecular flexibility index (Phi) is 2.82. The van der Waals surface area contributed by atoms with Crippen molar-refractivity contribution in [2.45, 2.75) is 6.92 Å². The van der Waals surface area contributed by atoms with Crippen LogP contribution in [0.25, 0.3) is 22.6 Å². The number of H-pyrrole nitrogens is 1. The molecule has 0 aliphatic carbocycles. The molecule has 0 atom stereocenters. The van der Waals surface area contributed by atoms with Crippen molar-refractivity contribution in [3.8, 4) is 17.1 Å². The Morgan fingerprint density at radius 2 is 1.90 bits per heavy atom. The monoisotopic (exact) mass is 268 g/mol. The number of aromatic amines is 1. The van der Waals surface area contributed by atoms with Crippen molar-refractivity contribution in [3.63, 3.8) is 0 Å². The smallest absolute Gasteiger partial charge is 0.180 e. The molecule has 102 valence electrons. The lowest BCUT2D eigenvalue weighted by atomic mass is 10.1. The van der Waals surface area contributed by atoms with Crippen molar-refractivity contribution in [1.82, 2.24) is 15.0 Å². The van der Waals surface area contributed by atoms with E-state index in [1.807, 2.05) is 56.3 Å². The molecule has 0 saturated heterocycles. The number of nitrogens with zero attached hydrogens (tertiary/aromatic N) is 3. The van der Waals surface area contributed by atoms with E-state index in [9.17, 15) is 5.11 Å². The number of hydrogen-bond donors (Lipinski definition) is 2. The average molecular weight is 268 g/mol. The van der Waals surface area contributed by atoms with Gasteiger partial charge in [-0.1, -0.05) is 12.1 Å². The van der Waals surface area contributed by atoms with Gasteiger partial charge in [-0.25, -0.2) is 9.97 Å². The molecule has 3 aromatic rings. The lowest BCUT2D eigenvalue weighted by molar-refractivity contribution is 0.473. The summed E-state index contributed by atoms with van der Waals surface area (Å²) >= 11 is 0. The molecule has 2 N–H and O–H groups in total. The summed E-state index contributed by atoms with van der Waals surface area (Å²) in [6, 6.07) is 9.48. The molecule has 0 spiro atoms. The number of benzene rings is 1. The van der Waals surface area contributed by atoms with E-state index >= 15 is 0 Å². The van der Waals surface area contributed by atoms with Crippen molar-refractivity contribution in [2.24, 2.45) is 0 Å². The Bertz CT molecular complexity index is 777. The molecule has 0 aliphatic rings. The third-order valence-electron chi connectivity index (χ3n) is 3.28. The van der Waals surface area contributed by atoms with Gasteiger partial charge < -0.3 is 15.0 Å². The fraction of sp³-hybridized carbons (Fsp3) is 0.200. The second kappa shape index (κ2) is 4.52. The van der Waals surface area contributed by atoms with Crippen LogP contribution in [0.15, 0.2) is 30.3 Å². The van der Waals surface area contributed by atoms with Crippen molar-refractivity contribution in [1.29, 1.82) is 0 Å². The number of anilines is 1. The predicted octanol–water partition coefficient (Wildman–Crippen LogP) is 2.70. The third-order valence-corrected chi connectivity index (χ3v) is 3.28. The molecule has 5 nitrogen and oxygen atoms in total. The number of nitrogens with one attached hydrogen (secondary N) is 1. The number of pyridine rings is 1. The molecule has 3 rings (SSSR count). The Hall–Kier alpha value is -2.56. The highest BCUT2D eigenvalue weighted by Gasteiger charge is 2.12. The number of aryl methyl sites for hydroxylation is 1. The highest BCUT2D eigenvalue weighted by molar-refractivity contribution is 5.79. The maximum atomic E-state index is 10.1. The van der Waals surface area contributed by atoms with Crippen LogP contribution in [0.2, 0.25) is 0 Å². The lowest BCUT2D eigenvalue weighted by Gasteiger charge is -2.09. The van der Waals surface area contributed by atoms with Gasteiger partial charge in [0, 0.05) is 14.1 Å². The van der Waals surface area contributed by atoms with Gasteiger partial charge in [0.25, 0.3) is 0 Å². The van der Waals surface area contributed by atoms with Crippen LogP contribution in [0.5, 0.6) is 5.75 Å². The first kappa shape index (κ1) is 12.5. The normalized spacial score (nSPS) is 10.9. The molecule has 2 aromatic heterocycles. The maximum Gasteiger partial charge on any atom is 0.180 e. The fourth-order valence-corrected chi connectivity index (χ4v) is 2.11. The summed E-state index contributed by atoms with van der Waals surface area (Å²) in [6.45, 7) is 1.86. The van der Waals surface area contributed by atoms with Crippen molar-refractivity contribution in [2.75, 3.05) is 19.0 Å². The lowest BCUT2D eigenvalue weighted by Crippen LogP contribution is -2.10. The van der Waals surface area contributed by atoms with Crippen LogP contribution in [0, 0.1) is 6.92 Å². The SMILES string of the molecule is Cc1cccc(-c2nc3nc(N(C)C)ccc3[nH]2)c1O. The van der Waals surface area contributed by atoms with Crippen molar-refractivity contribution in [3.05, 3.63) is 35.9 Å². The van der Waals surface area contributed by atoms with Gasteiger partial charge in [-0.05, 0) is 30.7 Å². The fourth-order valence-electron chi connectivity index (χ4n) is 2.11. The highest BCUT2D eigenvalue weighted by atomic mass is 16.3. The zero-order valence-electron chi connectivity index (χ0n) is 11.7. The highest BCUT2D eigenvalue weighted by Crippen LogP contribution is 2.31. The molecular formula is C15H16N4O. The number of imidazole rings is 1. The van der Waals surface area contributed by atoms with Gasteiger partial charge in [0.15, 0.2) is 5.65 Å². The van der Waals surface area contributed by atoms with E-state index in [4.69, 9.17) is 0 Å². The van der Waals surface area contributed by atoms with Crippen LogP contribution >= 0.6 is 0 Å². The van der Waals surface area contributed by atoms with E-state index in [1.165, 1.54) is 0 Å². The van der Waals surface area contributed by atoms with Crippen molar-refractivity contribution < 1.29 is 5.11 Å². The zero-order chi connectivity index (χ0) is 14.3. The third kappa shape index (κ3) is 1.97. The number of hydrogen-bond acceptors (Lipinski definition) is 4. The number of aromatic nitrogens is 3. The topological polar surface area (TPSA) is 65.0 Å². The minimum absolute atomic E-state index is 0.249. The molecule has 0 saturated carbocycles. The van der Waals surface area contributed by atoms with E-state index < -0.39 is 0 Å². The van der Waals surface area contributed by atoms with Gasteiger partial charge in [-0.15, -0.1) is 0 Å².